The Hall–Kier alpha value is -3.35. The summed E-state index contributed by atoms with van der Waals surface area (Å²) in [4.78, 5) is 36.5. The lowest BCUT2D eigenvalue weighted by atomic mass is 9.87. The van der Waals surface area contributed by atoms with Crippen LogP contribution < -0.4 is 15.4 Å². The molecule has 7 heteroatoms. The highest BCUT2D eigenvalue weighted by Crippen LogP contribution is 2.28. The number of hydrogen-bond acceptors (Lipinski definition) is 5. The van der Waals surface area contributed by atoms with E-state index >= 15 is 0 Å². The summed E-state index contributed by atoms with van der Waals surface area (Å²) in [5, 5.41) is 5.64. The van der Waals surface area contributed by atoms with Gasteiger partial charge in [-0.1, -0.05) is 26.0 Å². The summed E-state index contributed by atoms with van der Waals surface area (Å²) in [6, 6.07) is 14.6. The van der Waals surface area contributed by atoms with E-state index in [-0.39, 0.29) is 29.8 Å². The maximum atomic E-state index is 12.4. The van der Waals surface area contributed by atoms with Gasteiger partial charge in [0.25, 0.3) is 11.8 Å². The molecule has 35 heavy (non-hydrogen) atoms. The minimum atomic E-state index is -0.206. The molecule has 2 aromatic carbocycles. The van der Waals surface area contributed by atoms with Crippen LogP contribution in [-0.2, 0) is 9.53 Å². The minimum Gasteiger partial charge on any atom is -0.490 e. The molecular formula is C28H36N2O5. The molecule has 0 bridgehead atoms. The van der Waals surface area contributed by atoms with Crippen LogP contribution in [0.3, 0.4) is 0 Å². The van der Waals surface area contributed by atoms with Crippen molar-refractivity contribution in [2.75, 3.05) is 19.7 Å². The Morgan fingerprint density at radius 2 is 1.34 bits per heavy atom. The third-order valence-electron chi connectivity index (χ3n) is 6.25. The van der Waals surface area contributed by atoms with Crippen LogP contribution in [0.5, 0.6) is 5.75 Å². The van der Waals surface area contributed by atoms with Crippen LogP contribution in [0, 0.1) is 5.92 Å². The second-order valence-corrected chi connectivity index (χ2v) is 9.16. The predicted molar refractivity (Wildman–Crippen MR) is 135 cm³/mol. The quantitative estimate of drug-likeness (QED) is 0.387. The lowest BCUT2D eigenvalue weighted by Gasteiger charge is -2.27. The number of carbonyl (C=O) groups excluding carboxylic acids is 3. The van der Waals surface area contributed by atoms with Crippen LogP contribution in [0.2, 0.25) is 0 Å². The van der Waals surface area contributed by atoms with E-state index in [1.807, 2.05) is 31.2 Å². The zero-order valence-corrected chi connectivity index (χ0v) is 20.8. The van der Waals surface area contributed by atoms with Gasteiger partial charge in [0.1, 0.15) is 5.75 Å². The van der Waals surface area contributed by atoms with Crippen LogP contribution in [0.1, 0.15) is 78.7 Å². The summed E-state index contributed by atoms with van der Waals surface area (Å²) < 4.78 is 11.1. The maximum Gasteiger partial charge on any atom is 0.308 e. The van der Waals surface area contributed by atoms with Crippen LogP contribution in [0.25, 0.3) is 0 Å². The molecule has 0 unspecified atom stereocenters. The van der Waals surface area contributed by atoms with Crippen LogP contribution in [0.4, 0.5) is 0 Å². The van der Waals surface area contributed by atoms with Gasteiger partial charge in [-0.25, -0.2) is 0 Å². The minimum absolute atomic E-state index is 0.0314. The topological polar surface area (TPSA) is 93.7 Å². The molecule has 0 aromatic heterocycles. The molecule has 1 saturated carbocycles. The normalized spacial score (nSPS) is 17.5. The van der Waals surface area contributed by atoms with Crippen molar-refractivity contribution in [3.63, 3.8) is 0 Å². The lowest BCUT2D eigenvalue weighted by Crippen LogP contribution is -2.34. The van der Waals surface area contributed by atoms with E-state index in [1.165, 1.54) is 5.56 Å². The molecule has 2 amide bonds. The Labute approximate surface area is 207 Å². The van der Waals surface area contributed by atoms with Crippen molar-refractivity contribution >= 4 is 17.8 Å². The molecule has 2 N–H and O–H groups in total. The van der Waals surface area contributed by atoms with Gasteiger partial charge in [0.15, 0.2) is 0 Å². The molecule has 0 saturated heterocycles. The van der Waals surface area contributed by atoms with Crippen molar-refractivity contribution < 1.29 is 23.9 Å². The zero-order valence-electron chi connectivity index (χ0n) is 20.8. The fourth-order valence-corrected chi connectivity index (χ4v) is 4.13. The molecule has 0 heterocycles. The average Bonchev–Trinajstić information content (AvgIpc) is 2.87. The Kier molecular flexibility index (Phi) is 9.70. The molecule has 0 spiro atoms. The second kappa shape index (κ2) is 12.9. The van der Waals surface area contributed by atoms with Crippen molar-refractivity contribution in [2.45, 2.75) is 58.5 Å². The van der Waals surface area contributed by atoms with Gasteiger partial charge < -0.3 is 20.1 Å². The average molecular weight is 481 g/mol. The van der Waals surface area contributed by atoms with Crippen molar-refractivity contribution in [2.24, 2.45) is 5.92 Å². The summed E-state index contributed by atoms with van der Waals surface area (Å²) >= 11 is 0. The second-order valence-electron chi connectivity index (χ2n) is 9.16. The van der Waals surface area contributed by atoms with Gasteiger partial charge in [-0.3, -0.25) is 14.4 Å². The monoisotopic (exact) mass is 480 g/mol. The molecule has 0 aliphatic heterocycles. The molecule has 0 atom stereocenters. The van der Waals surface area contributed by atoms with E-state index < -0.39 is 0 Å². The Bertz CT molecular complexity index is 977. The fraction of sp³-hybridized carbons (Fsp3) is 0.464. The SMILES string of the molecule is CCOC(=O)[C@H]1CC[C@@H](Oc2ccc(C(=O)NCCNC(=O)c3ccc(C(C)C)cc3)cc2)CC1. The predicted octanol–water partition coefficient (Wildman–Crippen LogP) is 4.47. The molecule has 1 aliphatic rings. The smallest absolute Gasteiger partial charge is 0.308 e. The van der Waals surface area contributed by atoms with E-state index in [0.717, 1.165) is 25.7 Å². The number of hydrogen-bond donors (Lipinski definition) is 2. The molecule has 2 aromatic rings. The van der Waals surface area contributed by atoms with Crippen LogP contribution in [0.15, 0.2) is 48.5 Å². The molecule has 188 valence electrons. The van der Waals surface area contributed by atoms with Gasteiger partial charge in [-0.05, 0) is 80.5 Å². The first-order chi connectivity index (χ1) is 16.9. The first kappa shape index (κ1) is 26.3. The first-order valence-electron chi connectivity index (χ1n) is 12.5. The standard InChI is InChI=1S/C28H36N2O5/c1-4-34-28(33)23-11-15-25(16-12-23)35-24-13-9-22(10-14-24)27(32)30-18-17-29-26(31)21-7-5-20(6-8-21)19(2)3/h5-10,13-14,19,23,25H,4,11-12,15-18H2,1-3H3,(H,29,31)(H,30,32)/t23-,25+. The fourth-order valence-electron chi connectivity index (χ4n) is 4.13. The Balaban J connectivity index is 1.37. The van der Waals surface area contributed by atoms with Crippen molar-refractivity contribution in [3.8, 4) is 5.75 Å². The van der Waals surface area contributed by atoms with Gasteiger partial charge >= 0.3 is 5.97 Å². The molecule has 0 radical (unpaired) electrons. The van der Waals surface area contributed by atoms with E-state index in [1.54, 1.807) is 24.3 Å². The highest BCUT2D eigenvalue weighted by atomic mass is 16.5. The summed E-state index contributed by atoms with van der Waals surface area (Å²) in [6.45, 7) is 7.12. The zero-order chi connectivity index (χ0) is 25.2. The van der Waals surface area contributed by atoms with E-state index in [2.05, 4.69) is 24.5 Å². The van der Waals surface area contributed by atoms with Gasteiger partial charge in [-0.2, -0.15) is 0 Å². The maximum absolute atomic E-state index is 12.4. The Morgan fingerprint density at radius 1 is 0.829 bits per heavy atom. The van der Waals surface area contributed by atoms with Gasteiger partial charge in [0.05, 0.1) is 18.6 Å². The number of benzene rings is 2. The largest absolute Gasteiger partial charge is 0.490 e. The first-order valence-corrected chi connectivity index (χ1v) is 12.5. The van der Waals surface area contributed by atoms with E-state index in [0.29, 0.717) is 42.5 Å². The Morgan fingerprint density at radius 3 is 1.83 bits per heavy atom. The highest BCUT2D eigenvalue weighted by Gasteiger charge is 2.28. The van der Waals surface area contributed by atoms with E-state index in [4.69, 9.17) is 9.47 Å². The summed E-state index contributed by atoms with van der Waals surface area (Å²) in [5.41, 5.74) is 2.32. The summed E-state index contributed by atoms with van der Waals surface area (Å²) in [6.07, 6.45) is 3.21. The van der Waals surface area contributed by atoms with Crippen molar-refractivity contribution in [1.29, 1.82) is 0 Å². The highest BCUT2D eigenvalue weighted by molar-refractivity contribution is 5.95. The third-order valence-corrected chi connectivity index (χ3v) is 6.25. The van der Waals surface area contributed by atoms with Crippen LogP contribution in [-0.4, -0.2) is 43.6 Å². The van der Waals surface area contributed by atoms with E-state index in [9.17, 15) is 14.4 Å². The molecule has 7 nitrogen and oxygen atoms in total. The molecule has 3 rings (SSSR count). The number of rotatable bonds is 10. The summed E-state index contributed by atoms with van der Waals surface area (Å²) in [5.74, 6) is 0.615. The van der Waals surface area contributed by atoms with Crippen LogP contribution >= 0.6 is 0 Å². The van der Waals surface area contributed by atoms with Gasteiger partial charge in [0.2, 0.25) is 0 Å². The molecule has 1 fully saturated rings. The number of amides is 2. The number of esters is 1. The molecule has 1 aliphatic carbocycles. The lowest BCUT2D eigenvalue weighted by molar-refractivity contribution is -0.149. The van der Waals surface area contributed by atoms with Crippen molar-refractivity contribution in [1.82, 2.24) is 10.6 Å². The van der Waals surface area contributed by atoms with Crippen molar-refractivity contribution in [3.05, 3.63) is 65.2 Å². The van der Waals surface area contributed by atoms with Gasteiger partial charge in [-0.15, -0.1) is 0 Å². The molecular weight excluding hydrogens is 444 g/mol. The number of nitrogens with one attached hydrogen (secondary N) is 2. The third kappa shape index (κ3) is 7.84. The summed E-state index contributed by atoms with van der Waals surface area (Å²) in [7, 11) is 0. The van der Waals surface area contributed by atoms with Gasteiger partial charge in [0, 0.05) is 24.2 Å². The number of ether oxygens (including phenoxy) is 2. The number of carbonyl (C=O) groups is 3.